The fourth-order valence-electron chi connectivity index (χ4n) is 1.88. The Hall–Kier alpha value is -2.37. The number of halogens is 2. The second-order valence-electron chi connectivity index (χ2n) is 3.96. The number of hydrogen-bond acceptors (Lipinski definition) is 3. The van der Waals surface area contributed by atoms with E-state index in [4.69, 9.17) is 10.2 Å². The molecule has 92 valence electrons. The molecule has 0 saturated heterocycles. The molecule has 0 aliphatic rings. The molecule has 2 N–H and O–H groups in total. The van der Waals surface area contributed by atoms with Crippen LogP contribution in [0.15, 0.2) is 28.9 Å². The Morgan fingerprint density at radius 1 is 1.33 bits per heavy atom. The lowest BCUT2D eigenvalue weighted by molar-refractivity contribution is 0.580. The van der Waals surface area contributed by atoms with Crippen molar-refractivity contribution in [2.75, 3.05) is 5.73 Å². The Morgan fingerprint density at radius 3 is 2.78 bits per heavy atom. The second-order valence-corrected chi connectivity index (χ2v) is 3.96. The van der Waals surface area contributed by atoms with Crippen molar-refractivity contribution in [2.45, 2.75) is 0 Å². The SMILES string of the molecule is Cn1nc(-c2c(F)cc3occc3c2F)cc1N. The molecule has 1 aromatic carbocycles. The minimum Gasteiger partial charge on any atom is -0.464 e. The average molecular weight is 249 g/mol. The summed E-state index contributed by atoms with van der Waals surface area (Å²) < 4.78 is 34.4. The van der Waals surface area contributed by atoms with E-state index >= 15 is 0 Å². The Morgan fingerprint density at radius 2 is 2.11 bits per heavy atom. The largest absolute Gasteiger partial charge is 0.464 e. The summed E-state index contributed by atoms with van der Waals surface area (Å²) in [4.78, 5) is 0. The lowest BCUT2D eigenvalue weighted by Gasteiger charge is -2.02. The van der Waals surface area contributed by atoms with Crippen LogP contribution in [0.1, 0.15) is 0 Å². The quantitative estimate of drug-likeness (QED) is 0.721. The normalized spacial score (nSPS) is 11.3. The summed E-state index contributed by atoms with van der Waals surface area (Å²) in [5.41, 5.74) is 5.73. The van der Waals surface area contributed by atoms with Crippen molar-refractivity contribution >= 4 is 16.8 Å². The highest BCUT2D eigenvalue weighted by molar-refractivity contribution is 5.84. The highest BCUT2D eigenvalue weighted by Crippen LogP contribution is 2.32. The van der Waals surface area contributed by atoms with Crippen molar-refractivity contribution in [1.82, 2.24) is 9.78 Å². The van der Waals surface area contributed by atoms with E-state index in [0.717, 1.165) is 6.07 Å². The number of rotatable bonds is 1. The minimum absolute atomic E-state index is 0.160. The zero-order chi connectivity index (χ0) is 12.9. The van der Waals surface area contributed by atoms with E-state index in [0.29, 0.717) is 5.82 Å². The van der Waals surface area contributed by atoms with Gasteiger partial charge in [0.1, 0.15) is 28.7 Å². The molecule has 0 aliphatic carbocycles. The monoisotopic (exact) mass is 249 g/mol. The number of hydrogen-bond donors (Lipinski definition) is 1. The molecular formula is C12H9F2N3O. The van der Waals surface area contributed by atoms with Crippen molar-refractivity contribution in [3.05, 3.63) is 36.1 Å². The van der Waals surface area contributed by atoms with Gasteiger partial charge in [0.15, 0.2) is 0 Å². The van der Waals surface area contributed by atoms with Crippen LogP contribution in [0.2, 0.25) is 0 Å². The van der Waals surface area contributed by atoms with Crippen LogP contribution in [-0.2, 0) is 7.05 Å². The Balaban J connectivity index is 2.34. The molecule has 2 heterocycles. The van der Waals surface area contributed by atoms with E-state index in [2.05, 4.69) is 5.10 Å². The first-order chi connectivity index (χ1) is 8.58. The van der Waals surface area contributed by atoms with E-state index in [9.17, 15) is 8.78 Å². The first-order valence-corrected chi connectivity index (χ1v) is 5.23. The summed E-state index contributed by atoms with van der Waals surface area (Å²) in [6, 6.07) is 4.01. The van der Waals surface area contributed by atoms with Crippen molar-refractivity contribution in [1.29, 1.82) is 0 Å². The third-order valence-electron chi connectivity index (χ3n) is 2.82. The van der Waals surface area contributed by atoms with Gasteiger partial charge in [-0.25, -0.2) is 8.78 Å². The van der Waals surface area contributed by atoms with Gasteiger partial charge in [-0.2, -0.15) is 5.10 Å². The molecule has 0 atom stereocenters. The van der Waals surface area contributed by atoms with Gasteiger partial charge in [0, 0.05) is 19.2 Å². The smallest absolute Gasteiger partial charge is 0.146 e. The number of furan rings is 1. The van der Waals surface area contributed by atoms with E-state index in [1.54, 1.807) is 7.05 Å². The topological polar surface area (TPSA) is 57.0 Å². The van der Waals surface area contributed by atoms with Gasteiger partial charge >= 0.3 is 0 Å². The van der Waals surface area contributed by atoms with Crippen LogP contribution in [0.4, 0.5) is 14.6 Å². The summed E-state index contributed by atoms with van der Waals surface area (Å²) >= 11 is 0. The highest BCUT2D eigenvalue weighted by Gasteiger charge is 2.19. The molecule has 0 radical (unpaired) electrons. The lowest BCUT2D eigenvalue weighted by Crippen LogP contribution is -1.97. The molecule has 3 aromatic rings. The fraction of sp³-hybridized carbons (Fsp3) is 0.0833. The number of nitrogen functional groups attached to an aromatic ring is 1. The first-order valence-electron chi connectivity index (χ1n) is 5.23. The highest BCUT2D eigenvalue weighted by atomic mass is 19.1. The minimum atomic E-state index is -0.729. The van der Waals surface area contributed by atoms with Gasteiger partial charge in [-0.1, -0.05) is 0 Å². The maximum atomic E-state index is 14.2. The van der Waals surface area contributed by atoms with Crippen molar-refractivity contribution in [2.24, 2.45) is 7.05 Å². The van der Waals surface area contributed by atoms with Gasteiger partial charge in [0.25, 0.3) is 0 Å². The summed E-state index contributed by atoms with van der Waals surface area (Å²) in [6.07, 6.45) is 1.31. The molecule has 0 bridgehead atoms. The Bertz CT molecular complexity index is 726. The third kappa shape index (κ3) is 1.38. The average Bonchev–Trinajstić information content (AvgIpc) is 2.87. The number of nitrogens with two attached hydrogens (primary N) is 1. The van der Waals surface area contributed by atoms with Gasteiger partial charge < -0.3 is 10.2 Å². The number of anilines is 1. The zero-order valence-electron chi connectivity index (χ0n) is 9.45. The molecule has 0 spiro atoms. The molecule has 4 nitrogen and oxygen atoms in total. The number of aryl methyl sites for hydroxylation is 1. The van der Waals surface area contributed by atoms with Gasteiger partial charge in [-0.05, 0) is 6.07 Å². The number of benzene rings is 1. The van der Waals surface area contributed by atoms with Crippen LogP contribution in [0.25, 0.3) is 22.2 Å². The van der Waals surface area contributed by atoms with Crippen LogP contribution >= 0.6 is 0 Å². The molecule has 6 heteroatoms. The summed E-state index contributed by atoms with van der Waals surface area (Å²) in [7, 11) is 1.60. The van der Waals surface area contributed by atoms with E-state index in [1.807, 2.05) is 0 Å². The van der Waals surface area contributed by atoms with Crippen molar-refractivity contribution in [3.8, 4) is 11.3 Å². The number of aromatic nitrogens is 2. The van der Waals surface area contributed by atoms with E-state index < -0.39 is 11.6 Å². The standard InChI is InChI=1S/C12H9F2N3O/c1-17-10(15)5-8(16-17)11-7(13)4-9-6(12(11)14)2-3-18-9/h2-5H,15H2,1H3. The van der Waals surface area contributed by atoms with E-state index in [-0.39, 0.29) is 22.2 Å². The summed E-state index contributed by atoms with van der Waals surface area (Å²) in [5.74, 6) is -1.10. The molecule has 2 aromatic heterocycles. The molecule has 18 heavy (non-hydrogen) atoms. The maximum Gasteiger partial charge on any atom is 0.146 e. The van der Waals surface area contributed by atoms with E-state index in [1.165, 1.54) is 23.1 Å². The number of fused-ring (bicyclic) bond motifs is 1. The molecule has 0 aliphatic heterocycles. The molecule has 0 fully saturated rings. The van der Waals surface area contributed by atoms with Gasteiger partial charge in [0.2, 0.25) is 0 Å². The van der Waals surface area contributed by atoms with Crippen molar-refractivity contribution < 1.29 is 13.2 Å². The van der Waals surface area contributed by atoms with Crippen LogP contribution in [0.3, 0.4) is 0 Å². The predicted octanol–water partition coefficient (Wildman–Crippen LogP) is 2.69. The fourth-order valence-corrected chi connectivity index (χ4v) is 1.88. The molecule has 0 unspecified atom stereocenters. The van der Waals surface area contributed by atoms with Crippen molar-refractivity contribution in [3.63, 3.8) is 0 Å². The molecular weight excluding hydrogens is 240 g/mol. The second kappa shape index (κ2) is 3.56. The van der Waals surface area contributed by atoms with Gasteiger partial charge in [-0.15, -0.1) is 0 Å². The molecule has 3 rings (SSSR count). The van der Waals surface area contributed by atoms with Gasteiger partial charge in [-0.3, -0.25) is 4.68 Å². The van der Waals surface area contributed by atoms with Gasteiger partial charge in [0.05, 0.1) is 17.2 Å². The summed E-state index contributed by atoms with van der Waals surface area (Å²) in [5, 5.41) is 4.19. The predicted molar refractivity (Wildman–Crippen MR) is 62.7 cm³/mol. The van der Waals surface area contributed by atoms with Crippen LogP contribution < -0.4 is 5.73 Å². The Labute approximate surface area is 101 Å². The first kappa shape index (κ1) is 10.8. The summed E-state index contributed by atoms with van der Waals surface area (Å²) in [6.45, 7) is 0. The van der Waals surface area contributed by atoms with Crippen LogP contribution in [-0.4, -0.2) is 9.78 Å². The maximum absolute atomic E-state index is 14.2. The van der Waals surface area contributed by atoms with Crippen LogP contribution in [0.5, 0.6) is 0 Å². The third-order valence-corrected chi connectivity index (χ3v) is 2.82. The van der Waals surface area contributed by atoms with Crippen LogP contribution in [0, 0.1) is 11.6 Å². The lowest BCUT2D eigenvalue weighted by atomic mass is 10.1. The Kier molecular flexibility index (Phi) is 2.13. The molecule has 0 saturated carbocycles. The zero-order valence-corrected chi connectivity index (χ0v) is 9.45. The number of nitrogens with zero attached hydrogens (tertiary/aromatic N) is 2. The molecule has 0 amide bonds.